The molecule has 1 fully saturated rings. The number of benzene rings is 1. The van der Waals surface area contributed by atoms with Crippen LogP contribution < -0.4 is 16.0 Å². The number of nitrogens with one attached hydrogen (secondary N) is 3. The van der Waals surface area contributed by atoms with Gasteiger partial charge in [-0.1, -0.05) is 49.6 Å². The van der Waals surface area contributed by atoms with Crippen molar-refractivity contribution in [3.63, 3.8) is 0 Å². The third-order valence-electron chi connectivity index (χ3n) is 4.72. The van der Waals surface area contributed by atoms with E-state index < -0.39 is 12.0 Å². The predicted molar refractivity (Wildman–Crippen MR) is 102 cm³/mol. The van der Waals surface area contributed by atoms with Crippen LogP contribution in [0.4, 0.5) is 4.79 Å². The van der Waals surface area contributed by atoms with Crippen LogP contribution in [0.3, 0.4) is 0 Å². The van der Waals surface area contributed by atoms with E-state index in [1.807, 2.05) is 30.3 Å². The number of urea groups is 1. The number of carbonyl (C=O) groups excluding carboxylic acids is 2. The van der Waals surface area contributed by atoms with Crippen molar-refractivity contribution in [2.45, 2.75) is 63.5 Å². The molecule has 1 unspecified atom stereocenters. The normalized spacial score (nSPS) is 15.6. The molecule has 0 aromatic heterocycles. The van der Waals surface area contributed by atoms with Gasteiger partial charge < -0.3 is 21.1 Å². The van der Waals surface area contributed by atoms with Crippen LogP contribution in [0.1, 0.15) is 50.5 Å². The fourth-order valence-electron chi connectivity index (χ4n) is 3.25. The Bertz CT molecular complexity index is 615. The van der Waals surface area contributed by atoms with Crippen molar-refractivity contribution >= 4 is 17.9 Å². The summed E-state index contributed by atoms with van der Waals surface area (Å²) in [5, 5.41) is 17.6. The van der Waals surface area contributed by atoms with Crippen LogP contribution in [-0.4, -0.2) is 41.6 Å². The second-order valence-corrected chi connectivity index (χ2v) is 6.99. The minimum Gasteiger partial charge on any atom is -0.480 e. The average Bonchev–Trinajstić information content (AvgIpc) is 2.66. The van der Waals surface area contributed by atoms with Gasteiger partial charge >= 0.3 is 12.0 Å². The maximum atomic E-state index is 12.0. The van der Waals surface area contributed by atoms with Crippen molar-refractivity contribution in [1.29, 1.82) is 0 Å². The van der Waals surface area contributed by atoms with Gasteiger partial charge in [0.15, 0.2) is 0 Å². The Hall–Kier alpha value is -2.57. The van der Waals surface area contributed by atoms with E-state index in [0.29, 0.717) is 13.0 Å². The molecule has 3 amide bonds. The Kier molecular flexibility index (Phi) is 8.61. The molecule has 148 valence electrons. The second kappa shape index (κ2) is 11.2. The van der Waals surface area contributed by atoms with E-state index in [4.69, 9.17) is 0 Å². The summed E-state index contributed by atoms with van der Waals surface area (Å²) in [5.74, 6) is -1.38. The Labute approximate surface area is 159 Å². The lowest BCUT2D eigenvalue weighted by atomic mass is 9.96. The van der Waals surface area contributed by atoms with Crippen LogP contribution in [0.25, 0.3) is 0 Å². The van der Waals surface area contributed by atoms with Crippen molar-refractivity contribution in [2.24, 2.45) is 0 Å². The molecule has 1 aliphatic rings. The second-order valence-electron chi connectivity index (χ2n) is 6.99. The molecule has 0 bridgehead atoms. The molecule has 1 aromatic carbocycles. The lowest BCUT2D eigenvalue weighted by molar-refractivity contribution is -0.141. The van der Waals surface area contributed by atoms with Crippen molar-refractivity contribution in [1.82, 2.24) is 16.0 Å². The number of rotatable bonds is 9. The first-order valence-electron chi connectivity index (χ1n) is 9.65. The number of carboxylic acid groups (broad SMARTS) is 1. The lowest BCUT2D eigenvalue weighted by Crippen LogP contribution is -2.44. The number of aliphatic carboxylic acids is 1. The molecule has 7 nitrogen and oxygen atoms in total. The molecule has 4 N–H and O–H groups in total. The molecule has 1 aliphatic carbocycles. The van der Waals surface area contributed by atoms with Gasteiger partial charge in [-0.3, -0.25) is 4.79 Å². The quantitative estimate of drug-likeness (QED) is 0.496. The molecule has 0 heterocycles. The van der Waals surface area contributed by atoms with Crippen molar-refractivity contribution < 1.29 is 19.5 Å². The molecular formula is C20H29N3O4. The fraction of sp³-hybridized carbons (Fsp3) is 0.550. The maximum absolute atomic E-state index is 12.0. The van der Waals surface area contributed by atoms with Crippen molar-refractivity contribution in [3.8, 4) is 0 Å². The van der Waals surface area contributed by atoms with Crippen LogP contribution in [-0.2, 0) is 16.0 Å². The molecule has 0 spiro atoms. The highest BCUT2D eigenvalue weighted by Crippen LogP contribution is 2.17. The first-order chi connectivity index (χ1) is 13.0. The van der Waals surface area contributed by atoms with Gasteiger partial charge in [-0.15, -0.1) is 0 Å². The van der Waals surface area contributed by atoms with Crippen molar-refractivity contribution in [2.75, 3.05) is 6.54 Å². The van der Waals surface area contributed by atoms with Crippen LogP contribution in [0.2, 0.25) is 0 Å². The largest absolute Gasteiger partial charge is 0.480 e. The Morgan fingerprint density at radius 3 is 2.44 bits per heavy atom. The Morgan fingerprint density at radius 2 is 1.78 bits per heavy atom. The topological polar surface area (TPSA) is 108 Å². The number of carboxylic acids is 1. The fourth-order valence-corrected chi connectivity index (χ4v) is 3.25. The Morgan fingerprint density at radius 1 is 1.07 bits per heavy atom. The molecule has 1 aromatic rings. The summed E-state index contributed by atoms with van der Waals surface area (Å²) in [7, 11) is 0. The average molecular weight is 375 g/mol. The first kappa shape index (κ1) is 20.7. The number of amides is 3. The smallest absolute Gasteiger partial charge is 0.326 e. The summed E-state index contributed by atoms with van der Waals surface area (Å²) in [6.07, 6.45) is 6.45. The SMILES string of the molecule is O=C(CCCNC(=O)NC1CCCCC1)NC(Cc1ccccc1)C(=O)O. The summed E-state index contributed by atoms with van der Waals surface area (Å²) >= 11 is 0. The van der Waals surface area contributed by atoms with Crippen molar-refractivity contribution in [3.05, 3.63) is 35.9 Å². The zero-order valence-corrected chi connectivity index (χ0v) is 15.6. The van der Waals surface area contributed by atoms with E-state index in [9.17, 15) is 19.5 Å². The van der Waals surface area contributed by atoms with Gasteiger partial charge in [-0.2, -0.15) is 0 Å². The monoisotopic (exact) mass is 375 g/mol. The number of carbonyl (C=O) groups is 3. The predicted octanol–water partition coefficient (Wildman–Crippen LogP) is 2.21. The van der Waals surface area contributed by atoms with Crippen LogP contribution in [0.15, 0.2) is 30.3 Å². The van der Waals surface area contributed by atoms with E-state index in [1.165, 1.54) is 6.42 Å². The highest BCUT2D eigenvalue weighted by Gasteiger charge is 2.20. The van der Waals surface area contributed by atoms with E-state index in [1.54, 1.807) is 0 Å². The summed E-state index contributed by atoms with van der Waals surface area (Å²) in [6, 6.07) is 8.28. The highest BCUT2D eigenvalue weighted by atomic mass is 16.4. The summed E-state index contributed by atoms with van der Waals surface area (Å²) < 4.78 is 0. The zero-order chi connectivity index (χ0) is 19.5. The van der Waals surface area contributed by atoms with Gasteiger partial charge in [-0.25, -0.2) is 9.59 Å². The standard InChI is InChI=1S/C20H29N3O4/c24-18(23-17(19(25)26)14-15-8-3-1-4-9-15)12-7-13-21-20(27)22-16-10-5-2-6-11-16/h1,3-4,8-9,16-17H,2,5-7,10-14H2,(H,23,24)(H,25,26)(H2,21,22,27). The molecule has 0 radical (unpaired) electrons. The third-order valence-corrected chi connectivity index (χ3v) is 4.72. The van der Waals surface area contributed by atoms with Gasteiger partial charge in [0, 0.05) is 25.4 Å². The summed E-state index contributed by atoms with van der Waals surface area (Å²) in [6.45, 7) is 0.377. The molecule has 7 heteroatoms. The molecule has 2 rings (SSSR count). The van der Waals surface area contributed by atoms with Gasteiger partial charge in [-0.05, 0) is 24.8 Å². The zero-order valence-electron chi connectivity index (χ0n) is 15.6. The highest BCUT2D eigenvalue weighted by molar-refractivity contribution is 5.83. The van der Waals surface area contributed by atoms with E-state index in [-0.39, 0.29) is 30.8 Å². The van der Waals surface area contributed by atoms with Gasteiger partial charge in [0.1, 0.15) is 6.04 Å². The minimum absolute atomic E-state index is 0.169. The molecule has 1 saturated carbocycles. The van der Waals surface area contributed by atoms with Gasteiger partial charge in [0.25, 0.3) is 0 Å². The van der Waals surface area contributed by atoms with Crippen LogP contribution >= 0.6 is 0 Å². The Balaban J connectivity index is 1.63. The molecule has 1 atom stereocenters. The number of hydrogen-bond acceptors (Lipinski definition) is 3. The first-order valence-corrected chi connectivity index (χ1v) is 9.65. The van der Waals surface area contributed by atoms with Crippen LogP contribution in [0.5, 0.6) is 0 Å². The van der Waals surface area contributed by atoms with E-state index in [0.717, 1.165) is 31.2 Å². The molecule has 27 heavy (non-hydrogen) atoms. The van der Waals surface area contributed by atoms with Gasteiger partial charge in [0.2, 0.25) is 5.91 Å². The molecule has 0 aliphatic heterocycles. The summed E-state index contributed by atoms with van der Waals surface area (Å²) in [5.41, 5.74) is 0.853. The van der Waals surface area contributed by atoms with Gasteiger partial charge in [0.05, 0.1) is 0 Å². The lowest BCUT2D eigenvalue weighted by Gasteiger charge is -2.22. The molecule has 0 saturated heterocycles. The summed E-state index contributed by atoms with van der Waals surface area (Å²) in [4.78, 5) is 35.2. The van der Waals surface area contributed by atoms with E-state index >= 15 is 0 Å². The maximum Gasteiger partial charge on any atom is 0.326 e. The van der Waals surface area contributed by atoms with E-state index in [2.05, 4.69) is 16.0 Å². The number of hydrogen-bond donors (Lipinski definition) is 4. The molecular weight excluding hydrogens is 346 g/mol. The minimum atomic E-state index is -1.06. The van der Waals surface area contributed by atoms with Crippen LogP contribution in [0, 0.1) is 0 Å². The third kappa shape index (κ3) is 8.11.